The van der Waals surface area contributed by atoms with Crippen molar-refractivity contribution in [3.8, 4) is 0 Å². The monoisotopic (exact) mass is 375 g/mol. The van der Waals surface area contributed by atoms with Crippen LogP contribution in [0.1, 0.15) is 46.7 Å². The van der Waals surface area contributed by atoms with E-state index in [2.05, 4.69) is 20.4 Å². The number of alkyl halides is 2. The fraction of sp³-hybridized carbons (Fsp3) is 0.235. The molecule has 27 heavy (non-hydrogen) atoms. The highest BCUT2D eigenvalue weighted by Gasteiger charge is 2.26. The standard InChI is InChI=1S/C17H15F2N5O3/c1-9(2)27-17(26)14-13(15(18)19)11(3-5-20-14)23-16(25)10-7-21-12-4-6-22-24(12)8-10/h3-9,15H,1-2H3,(H,20,23,25). The van der Waals surface area contributed by atoms with E-state index in [-0.39, 0.29) is 11.3 Å². The van der Waals surface area contributed by atoms with E-state index in [1.165, 1.54) is 29.2 Å². The van der Waals surface area contributed by atoms with Crippen molar-refractivity contribution in [2.24, 2.45) is 0 Å². The lowest BCUT2D eigenvalue weighted by Crippen LogP contribution is -2.19. The number of hydrogen-bond donors (Lipinski definition) is 1. The van der Waals surface area contributed by atoms with E-state index in [9.17, 15) is 18.4 Å². The minimum atomic E-state index is -3.05. The van der Waals surface area contributed by atoms with Crippen LogP contribution in [-0.4, -0.2) is 37.6 Å². The van der Waals surface area contributed by atoms with E-state index in [1.54, 1.807) is 19.9 Å². The summed E-state index contributed by atoms with van der Waals surface area (Å²) < 4.78 is 33.5. The Morgan fingerprint density at radius 1 is 1.19 bits per heavy atom. The molecule has 0 saturated heterocycles. The molecule has 1 N–H and O–H groups in total. The average molecular weight is 375 g/mol. The van der Waals surface area contributed by atoms with Crippen molar-refractivity contribution in [3.05, 3.63) is 53.7 Å². The Bertz CT molecular complexity index is 1000. The Labute approximate surface area is 152 Å². The zero-order chi connectivity index (χ0) is 19.6. The molecule has 0 atom stereocenters. The number of rotatable bonds is 5. The summed E-state index contributed by atoms with van der Waals surface area (Å²) in [6, 6.07) is 2.83. The first-order chi connectivity index (χ1) is 12.9. The lowest BCUT2D eigenvalue weighted by Gasteiger charge is -2.15. The molecular formula is C17H15F2N5O3. The highest BCUT2D eigenvalue weighted by atomic mass is 19.3. The molecule has 3 heterocycles. The minimum Gasteiger partial charge on any atom is -0.458 e. The van der Waals surface area contributed by atoms with Gasteiger partial charge in [-0.15, -0.1) is 0 Å². The quantitative estimate of drug-likeness (QED) is 0.689. The summed E-state index contributed by atoms with van der Waals surface area (Å²) in [6.07, 6.45) is 1.81. The molecule has 0 unspecified atom stereocenters. The van der Waals surface area contributed by atoms with Crippen molar-refractivity contribution in [1.82, 2.24) is 19.6 Å². The molecule has 140 valence electrons. The molecule has 1 amide bonds. The number of pyridine rings is 1. The normalized spacial score (nSPS) is 11.2. The lowest BCUT2D eigenvalue weighted by atomic mass is 10.1. The number of nitrogens with zero attached hydrogens (tertiary/aromatic N) is 4. The smallest absolute Gasteiger partial charge is 0.357 e. The first-order valence-electron chi connectivity index (χ1n) is 7.95. The Kier molecular flexibility index (Phi) is 5.06. The highest BCUT2D eigenvalue weighted by Crippen LogP contribution is 2.30. The van der Waals surface area contributed by atoms with E-state index in [0.717, 1.165) is 6.20 Å². The molecule has 3 aromatic rings. The number of esters is 1. The van der Waals surface area contributed by atoms with Crippen molar-refractivity contribution in [1.29, 1.82) is 0 Å². The van der Waals surface area contributed by atoms with Crippen molar-refractivity contribution >= 4 is 23.2 Å². The van der Waals surface area contributed by atoms with Gasteiger partial charge in [0.05, 0.1) is 29.1 Å². The van der Waals surface area contributed by atoms with Crippen LogP contribution in [-0.2, 0) is 4.74 Å². The molecule has 0 bridgehead atoms. The van der Waals surface area contributed by atoms with Gasteiger partial charge in [0.2, 0.25) is 0 Å². The summed E-state index contributed by atoms with van der Waals surface area (Å²) in [6.45, 7) is 3.17. The molecule has 0 aliphatic heterocycles. The summed E-state index contributed by atoms with van der Waals surface area (Å²) >= 11 is 0. The fourth-order valence-corrected chi connectivity index (χ4v) is 2.36. The number of halogens is 2. The molecule has 0 spiro atoms. The first kappa shape index (κ1) is 18.4. The van der Waals surface area contributed by atoms with Crippen LogP contribution in [0, 0.1) is 0 Å². The van der Waals surface area contributed by atoms with Gasteiger partial charge in [0.15, 0.2) is 11.3 Å². The second-order valence-electron chi connectivity index (χ2n) is 5.81. The largest absolute Gasteiger partial charge is 0.458 e. The Balaban J connectivity index is 1.93. The average Bonchev–Trinajstić information content (AvgIpc) is 3.08. The number of fused-ring (bicyclic) bond motifs is 1. The fourth-order valence-electron chi connectivity index (χ4n) is 2.36. The number of carbonyl (C=O) groups excluding carboxylic acids is 2. The maximum absolute atomic E-state index is 13.6. The number of nitrogens with one attached hydrogen (secondary N) is 1. The van der Waals surface area contributed by atoms with E-state index in [1.807, 2.05) is 0 Å². The molecule has 0 aliphatic rings. The third-order valence-corrected chi connectivity index (χ3v) is 3.50. The number of amides is 1. The van der Waals surface area contributed by atoms with Crippen LogP contribution in [0.2, 0.25) is 0 Å². The summed E-state index contributed by atoms with van der Waals surface area (Å²) in [5.74, 6) is -1.67. The molecule has 0 aliphatic carbocycles. The van der Waals surface area contributed by atoms with Crippen LogP contribution in [0.25, 0.3) is 5.65 Å². The SMILES string of the molecule is CC(C)OC(=O)c1nccc(NC(=O)c2cnc3ccnn3c2)c1C(F)F. The van der Waals surface area contributed by atoms with Crippen molar-refractivity contribution in [3.63, 3.8) is 0 Å². The maximum atomic E-state index is 13.6. The highest BCUT2D eigenvalue weighted by molar-refractivity contribution is 6.05. The minimum absolute atomic E-state index is 0.106. The Morgan fingerprint density at radius 2 is 1.96 bits per heavy atom. The van der Waals surface area contributed by atoms with E-state index in [0.29, 0.717) is 5.65 Å². The summed E-state index contributed by atoms with van der Waals surface area (Å²) in [5.41, 5.74) is -0.847. The van der Waals surface area contributed by atoms with Crippen LogP contribution < -0.4 is 5.32 Å². The summed E-state index contributed by atoms with van der Waals surface area (Å²) in [7, 11) is 0. The predicted molar refractivity (Wildman–Crippen MR) is 90.7 cm³/mol. The molecule has 0 aromatic carbocycles. The van der Waals surface area contributed by atoms with Crippen LogP contribution in [0.5, 0.6) is 0 Å². The summed E-state index contributed by atoms with van der Waals surface area (Å²) in [5, 5.41) is 6.33. The Morgan fingerprint density at radius 3 is 2.67 bits per heavy atom. The first-order valence-corrected chi connectivity index (χ1v) is 7.95. The molecule has 8 nitrogen and oxygen atoms in total. The maximum Gasteiger partial charge on any atom is 0.357 e. The van der Waals surface area contributed by atoms with Gasteiger partial charge in [-0.25, -0.2) is 28.1 Å². The summed E-state index contributed by atoms with van der Waals surface area (Å²) in [4.78, 5) is 32.2. The number of ether oxygens (including phenoxy) is 1. The van der Waals surface area contributed by atoms with Crippen LogP contribution in [0.4, 0.5) is 14.5 Å². The molecule has 0 fully saturated rings. The van der Waals surface area contributed by atoms with Crippen LogP contribution >= 0.6 is 0 Å². The van der Waals surface area contributed by atoms with Crippen LogP contribution in [0.3, 0.4) is 0 Å². The molecule has 3 rings (SSSR count). The van der Waals surface area contributed by atoms with Crippen LogP contribution in [0.15, 0.2) is 36.9 Å². The topological polar surface area (TPSA) is 98.5 Å². The predicted octanol–water partition coefficient (Wildman–Crippen LogP) is 2.88. The molecule has 10 heteroatoms. The van der Waals surface area contributed by atoms with Gasteiger partial charge in [0.1, 0.15) is 0 Å². The zero-order valence-corrected chi connectivity index (χ0v) is 14.4. The zero-order valence-electron chi connectivity index (χ0n) is 14.4. The molecule has 3 aromatic heterocycles. The molecule has 0 saturated carbocycles. The van der Waals surface area contributed by atoms with Gasteiger partial charge >= 0.3 is 5.97 Å². The van der Waals surface area contributed by atoms with E-state index < -0.39 is 35.7 Å². The molecule has 0 radical (unpaired) electrons. The third-order valence-electron chi connectivity index (χ3n) is 3.50. The second-order valence-corrected chi connectivity index (χ2v) is 5.81. The van der Waals surface area contributed by atoms with Crippen molar-refractivity contribution in [2.45, 2.75) is 26.4 Å². The molecular weight excluding hydrogens is 360 g/mol. The van der Waals surface area contributed by atoms with Gasteiger partial charge in [-0.1, -0.05) is 0 Å². The van der Waals surface area contributed by atoms with Gasteiger partial charge in [-0.2, -0.15) is 5.10 Å². The van der Waals surface area contributed by atoms with E-state index >= 15 is 0 Å². The van der Waals surface area contributed by atoms with E-state index in [4.69, 9.17) is 4.74 Å². The van der Waals surface area contributed by atoms with Gasteiger partial charge < -0.3 is 10.1 Å². The van der Waals surface area contributed by atoms with Gasteiger partial charge in [0, 0.05) is 24.7 Å². The number of hydrogen-bond acceptors (Lipinski definition) is 6. The second kappa shape index (κ2) is 7.44. The van der Waals surface area contributed by atoms with Gasteiger partial charge in [0.25, 0.3) is 12.3 Å². The lowest BCUT2D eigenvalue weighted by molar-refractivity contribution is 0.0360. The van der Waals surface area contributed by atoms with Gasteiger partial charge in [-0.3, -0.25) is 4.79 Å². The van der Waals surface area contributed by atoms with Crippen molar-refractivity contribution in [2.75, 3.05) is 5.32 Å². The third kappa shape index (κ3) is 3.89. The number of carbonyl (C=O) groups is 2. The number of anilines is 1. The Hall–Kier alpha value is -3.43. The van der Waals surface area contributed by atoms with Gasteiger partial charge in [-0.05, 0) is 19.9 Å². The number of aromatic nitrogens is 4. The van der Waals surface area contributed by atoms with Crippen molar-refractivity contribution < 1.29 is 23.1 Å².